The highest BCUT2D eigenvalue weighted by Gasteiger charge is 2.44. The van der Waals surface area contributed by atoms with Crippen molar-refractivity contribution in [2.75, 3.05) is 6.61 Å². The Morgan fingerprint density at radius 3 is 2.23 bits per heavy atom. The summed E-state index contributed by atoms with van der Waals surface area (Å²) in [4.78, 5) is 0. The first-order valence-corrected chi connectivity index (χ1v) is 4.00. The van der Waals surface area contributed by atoms with Gasteiger partial charge in [-0.05, 0) is 0 Å². The van der Waals surface area contributed by atoms with Gasteiger partial charge in [-0.25, -0.2) is 4.29 Å². The van der Waals surface area contributed by atoms with Crippen LogP contribution in [0.4, 0.5) is 0 Å². The molecule has 1 saturated heterocycles. The van der Waals surface area contributed by atoms with Gasteiger partial charge in [0.05, 0.1) is 18.5 Å². The lowest BCUT2D eigenvalue weighted by Gasteiger charge is -2.38. The van der Waals surface area contributed by atoms with Crippen molar-refractivity contribution in [3.05, 3.63) is 0 Å². The maximum absolute atomic E-state index is 9.23. The molecule has 7 heteroatoms. The maximum Gasteiger partial charge on any atom is 0.206 e. The van der Waals surface area contributed by atoms with Crippen LogP contribution in [-0.2, 0) is 9.03 Å². The summed E-state index contributed by atoms with van der Waals surface area (Å²) >= 11 is 4.95. The monoisotopic (exact) mass is 214 g/mol. The lowest BCUT2D eigenvalue weighted by molar-refractivity contribution is -0.276. The second-order valence-corrected chi connectivity index (χ2v) is 2.96. The van der Waals surface area contributed by atoms with E-state index in [1.807, 2.05) is 0 Å². The SMILES string of the molecule is OC[C@H]1OC(OCl)[C@H](O)[C@@H](O)[C@H]1O. The van der Waals surface area contributed by atoms with Crippen LogP contribution in [0.15, 0.2) is 0 Å². The molecular weight excluding hydrogens is 204 g/mol. The molecule has 1 aliphatic heterocycles. The van der Waals surface area contributed by atoms with Gasteiger partial charge >= 0.3 is 0 Å². The molecule has 0 spiro atoms. The van der Waals surface area contributed by atoms with Crippen molar-refractivity contribution >= 4 is 11.9 Å². The van der Waals surface area contributed by atoms with Crippen LogP contribution in [0.25, 0.3) is 0 Å². The standard InChI is InChI=1S/C6H11ClO6/c7-13-6-5(11)4(10)3(9)2(1-8)12-6/h2-6,8-11H,1H2/t2-,3+,4+,5-,6?/m1/s1. The molecule has 1 rings (SSSR count). The van der Waals surface area contributed by atoms with Crippen LogP contribution in [0, 0.1) is 0 Å². The highest BCUT2D eigenvalue weighted by molar-refractivity contribution is 6.07. The average Bonchev–Trinajstić information content (AvgIpc) is 2.15. The minimum absolute atomic E-state index is 0.498. The molecule has 0 amide bonds. The van der Waals surface area contributed by atoms with Crippen molar-refractivity contribution in [2.45, 2.75) is 30.7 Å². The number of aliphatic hydroxyl groups is 4. The fourth-order valence-corrected chi connectivity index (χ4v) is 1.29. The van der Waals surface area contributed by atoms with Gasteiger partial charge in [-0.1, -0.05) is 0 Å². The Morgan fingerprint density at radius 2 is 1.77 bits per heavy atom. The highest BCUT2D eigenvalue weighted by atomic mass is 35.5. The van der Waals surface area contributed by atoms with E-state index in [9.17, 15) is 15.3 Å². The molecule has 5 atom stereocenters. The van der Waals surface area contributed by atoms with Gasteiger partial charge in [-0.2, -0.15) is 0 Å². The highest BCUT2D eigenvalue weighted by Crippen LogP contribution is 2.22. The van der Waals surface area contributed by atoms with Crippen molar-refractivity contribution in [2.24, 2.45) is 0 Å². The van der Waals surface area contributed by atoms with E-state index >= 15 is 0 Å². The summed E-state index contributed by atoms with van der Waals surface area (Å²) in [5.74, 6) is 0. The first kappa shape index (κ1) is 11.1. The number of hydrogen-bond donors (Lipinski definition) is 4. The summed E-state index contributed by atoms with van der Waals surface area (Å²) in [7, 11) is 0. The molecular formula is C6H11ClO6. The van der Waals surface area contributed by atoms with Crippen molar-refractivity contribution < 1.29 is 29.5 Å². The fraction of sp³-hybridized carbons (Fsp3) is 1.00. The molecule has 0 saturated carbocycles. The molecule has 78 valence electrons. The zero-order valence-electron chi connectivity index (χ0n) is 6.58. The number of halogens is 1. The molecule has 13 heavy (non-hydrogen) atoms. The molecule has 4 N–H and O–H groups in total. The summed E-state index contributed by atoms with van der Waals surface area (Å²) in [5.41, 5.74) is 0. The summed E-state index contributed by atoms with van der Waals surface area (Å²) < 4.78 is 8.99. The second kappa shape index (κ2) is 4.52. The van der Waals surface area contributed by atoms with E-state index in [-0.39, 0.29) is 0 Å². The van der Waals surface area contributed by atoms with Gasteiger partial charge in [0.25, 0.3) is 0 Å². The molecule has 0 aromatic carbocycles. The van der Waals surface area contributed by atoms with E-state index in [0.29, 0.717) is 0 Å². The van der Waals surface area contributed by atoms with Crippen molar-refractivity contribution in [1.82, 2.24) is 0 Å². The first-order chi connectivity index (χ1) is 6.11. The maximum atomic E-state index is 9.23. The minimum atomic E-state index is -1.45. The largest absolute Gasteiger partial charge is 0.394 e. The zero-order chi connectivity index (χ0) is 10.0. The lowest BCUT2D eigenvalue weighted by Crippen LogP contribution is -2.58. The minimum Gasteiger partial charge on any atom is -0.394 e. The number of rotatable bonds is 2. The van der Waals surface area contributed by atoms with Gasteiger partial charge in [0.15, 0.2) is 0 Å². The fourth-order valence-electron chi connectivity index (χ4n) is 1.14. The van der Waals surface area contributed by atoms with E-state index in [0.717, 1.165) is 0 Å². The molecule has 6 nitrogen and oxygen atoms in total. The lowest BCUT2D eigenvalue weighted by atomic mass is 10.00. The number of hydrogen-bond acceptors (Lipinski definition) is 6. The van der Waals surface area contributed by atoms with E-state index < -0.39 is 37.3 Å². The third-order valence-electron chi connectivity index (χ3n) is 1.94. The van der Waals surface area contributed by atoms with Crippen molar-refractivity contribution in [1.29, 1.82) is 0 Å². The molecule has 0 aliphatic carbocycles. The molecule has 1 unspecified atom stereocenters. The molecule has 0 aromatic rings. The normalized spacial score (nSPS) is 46.4. The van der Waals surface area contributed by atoms with Gasteiger partial charge in [-0.3, -0.25) is 0 Å². The summed E-state index contributed by atoms with van der Waals surface area (Å²) in [6.07, 6.45) is -6.51. The van der Waals surface area contributed by atoms with Crippen LogP contribution < -0.4 is 0 Å². The van der Waals surface area contributed by atoms with Crippen LogP contribution in [0.5, 0.6) is 0 Å². The van der Waals surface area contributed by atoms with E-state index in [1.54, 1.807) is 0 Å². The van der Waals surface area contributed by atoms with Crippen LogP contribution in [0.2, 0.25) is 0 Å². The van der Waals surface area contributed by atoms with E-state index in [2.05, 4.69) is 4.29 Å². The second-order valence-electron chi connectivity index (χ2n) is 2.79. The van der Waals surface area contributed by atoms with Crippen molar-refractivity contribution in [3.8, 4) is 0 Å². The topological polar surface area (TPSA) is 99.4 Å². The Morgan fingerprint density at radius 1 is 1.15 bits per heavy atom. The summed E-state index contributed by atoms with van der Waals surface area (Å²) in [6, 6.07) is 0. The van der Waals surface area contributed by atoms with Crippen LogP contribution in [0.3, 0.4) is 0 Å². The smallest absolute Gasteiger partial charge is 0.206 e. The number of ether oxygens (including phenoxy) is 1. The van der Waals surface area contributed by atoms with E-state index in [4.69, 9.17) is 21.7 Å². The molecule has 1 heterocycles. The Kier molecular flexibility index (Phi) is 3.87. The molecule has 1 fully saturated rings. The van der Waals surface area contributed by atoms with Gasteiger partial charge < -0.3 is 25.2 Å². The predicted octanol–water partition coefficient (Wildman–Crippen LogP) is -2.04. The quantitative estimate of drug-likeness (QED) is 0.423. The Balaban J connectivity index is 2.66. The first-order valence-electron chi connectivity index (χ1n) is 3.69. The van der Waals surface area contributed by atoms with Crippen LogP contribution in [-0.4, -0.2) is 57.7 Å². The predicted molar refractivity (Wildman–Crippen MR) is 40.7 cm³/mol. The summed E-state index contributed by atoms with van der Waals surface area (Å²) in [5, 5.41) is 36.3. The molecule has 0 aromatic heterocycles. The average molecular weight is 215 g/mol. The molecule has 1 aliphatic rings. The van der Waals surface area contributed by atoms with Crippen molar-refractivity contribution in [3.63, 3.8) is 0 Å². The molecule has 0 bridgehead atoms. The van der Waals surface area contributed by atoms with E-state index in [1.165, 1.54) is 0 Å². The van der Waals surface area contributed by atoms with Gasteiger partial charge in [-0.15, -0.1) is 0 Å². The number of aliphatic hydroxyl groups excluding tert-OH is 4. The van der Waals surface area contributed by atoms with Gasteiger partial charge in [0.1, 0.15) is 24.4 Å². The van der Waals surface area contributed by atoms with Gasteiger partial charge in [0, 0.05) is 0 Å². The zero-order valence-corrected chi connectivity index (χ0v) is 7.33. The Hall–Kier alpha value is 0.0500. The van der Waals surface area contributed by atoms with Crippen LogP contribution in [0.1, 0.15) is 0 Å². The molecule has 0 radical (unpaired) electrons. The summed E-state index contributed by atoms with van der Waals surface area (Å²) in [6.45, 7) is -0.498. The third kappa shape index (κ3) is 2.10. The Labute approximate surface area is 79.4 Å². The van der Waals surface area contributed by atoms with Gasteiger partial charge in [0.2, 0.25) is 6.29 Å². The third-order valence-corrected chi connectivity index (χ3v) is 2.11. The Bertz CT molecular complexity index is 147. The van der Waals surface area contributed by atoms with Crippen LogP contribution >= 0.6 is 11.9 Å².